The van der Waals surface area contributed by atoms with E-state index in [4.69, 9.17) is 9.97 Å². The zero-order chi connectivity index (χ0) is 38.9. The summed E-state index contributed by atoms with van der Waals surface area (Å²) >= 11 is 0. The van der Waals surface area contributed by atoms with Crippen LogP contribution in [-0.4, -0.2) is 14.5 Å². The highest BCUT2D eigenvalue weighted by atomic mass is 15.0. The molecule has 2 aromatic heterocycles. The second-order valence-electron chi connectivity index (χ2n) is 15.4. The summed E-state index contributed by atoms with van der Waals surface area (Å²) in [6.45, 7) is 0. The summed E-state index contributed by atoms with van der Waals surface area (Å²) in [6, 6.07) is 74.4. The second-order valence-corrected chi connectivity index (χ2v) is 15.4. The fourth-order valence-electron chi connectivity index (χ4n) is 9.22. The Labute approximate surface area is 341 Å². The third-order valence-electron chi connectivity index (χ3n) is 12.0. The maximum Gasteiger partial charge on any atom is 0.0979 e. The highest BCUT2D eigenvalue weighted by Gasteiger charge is 2.16. The van der Waals surface area contributed by atoms with Crippen LogP contribution in [0.5, 0.6) is 0 Å². The van der Waals surface area contributed by atoms with E-state index in [-0.39, 0.29) is 0 Å². The van der Waals surface area contributed by atoms with Crippen LogP contribution >= 0.6 is 0 Å². The summed E-state index contributed by atoms with van der Waals surface area (Å²) in [4.78, 5) is 10.3. The van der Waals surface area contributed by atoms with Gasteiger partial charge in [-0.1, -0.05) is 164 Å². The minimum absolute atomic E-state index is 0.860. The van der Waals surface area contributed by atoms with Crippen LogP contribution in [0.2, 0.25) is 0 Å². The fraction of sp³-hybridized carbons (Fsp3) is 0. The Balaban J connectivity index is 0.924. The zero-order valence-corrected chi connectivity index (χ0v) is 32.0. The van der Waals surface area contributed by atoms with Crippen molar-refractivity contribution in [3.8, 4) is 50.3 Å². The van der Waals surface area contributed by atoms with Gasteiger partial charge in [-0.25, -0.2) is 4.98 Å². The van der Waals surface area contributed by atoms with Gasteiger partial charge < -0.3 is 4.57 Å². The Kier molecular flexibility index (Phi) is 7.54. The van der Waals surface area contributed by atoms with E-state index >= 15 is 0 Å². The van der Waals surface area contributed by atoms with Gasteiger partial charge in [0.1, 0.15) is 0 Å². The normalized spacial score (nSPS) is 11.7. The average molecular weight is 750 g/mol. The molecule has 0 aliphatic carbocycles. The Bertz CT molecular complexity index is 3590. The molecule has 3 heteroatoms. The van der Waals surface area contributed by atoms with Crippen LogP contribution < -0.4 is 0 Å². The van der Waals surface area contributed by atoms with Crippen molar-refractivity contribution >= 4 is 65.2 Å². The van der Waals surface area contributed by atoms with E-state index < -0.39 is 0 Å². The molecule has 0 aliphatic rings. The average Bonchev–Trinajstić information content (AvgIpc) is 3.65. The summed E-state index contributed by atoms with van der Waals surface area (Å²) < 4.78 is 2.41. The van der Waals surface area contributed by atoms with Gasteiger partial charge in [0.2, 0.25) is 0 Å². The van der Waals surface area contributed by atoms with Crippen LogP contribution in [0.15, 0.2) is 212 Å². The van der Waals surface area contributed by atoms with Gasteiger partial charge in [0, 0.05) is 32.8 Å². The molecular formula is C56H35N3. The lowest BCUT2D eigenvalue weighted by atomic mass is 9.97. The zero-order valence-electron chi connectivity index (χ0n) is 32.0. The number of benzene rings is 10. The smallest absolute Gasteiger partial charge is 0.0979 e. The molecule has 0 amide bonds. The SMILES string of the molecule is c1cc(-c2cccc(-c3cnc4c5ccccc5c5ccccc5c4n3)c2)cc(-c2cccc(-n3c4ccccc4c4cc(-c5cccc6ccccc56)ccc43)c2)c1. The van der Waals surface area contributed by atoms with Crippen LogP contribution in [0.3, 0.4) is 0 Å². The monoisotopic (exact) mass is 749 g/mol. The number of hydrogen-bond donors (Lipinski definition) is 0. The summed E-state index contributed by atoms with van der Waals surface area (Å²) in [5.74, 6) is 0. The summed E-state index contributed by atoms with van der Waals surface area (Å²) in [6.07, 6.45) is 1.92. The highest BCUT2D eigenvalue weighted by molar-refractivity contribution is 6.23. The molecule has 0 aliphatic heterocycles. The molecule has 12 rings (SSSR count). The molecule has 0 fully saturated rings. The Morgan fingerprint density at radius 1 is 0.322 bits per heavy atom. The molecule has 10 aromatic carbocycles. The molecule has 0 radical (unpaired) electrons. The van der Waals surface area contributed by atoms with Gasteiger partial charge in [-0.05, 0) is 97.4 Å². The molecule has 2 heterocycles. The number of nitrogens with zero attached hydrogens (tertiary/aromatic N) is 3. The fourth-order valence-corrected chi connectivity index (χ4v) is 9.22. The van der Waals surface area contributed by atoms with Crippen molar-refractivity contribution in [1.29, 1.82) is 0 Å². The first-order chi connectivity index (χ1) is 29.2. The molecule has 0 saturated heterocycles. The number of para-hydroxylation sites is 1. The molecule has 12 aromatic rings. The second kappa shape index (κ2) is 13.4. The van der Waals surface area contributed by atoms with Crippen LogP contribution in [0.1, 0.15) is 0 Å². The molecule has 0 saturated carbocycles. The van der Waals surface area contributed by atoms with E-state index in [2.05, 4.69) is 211 Å². The van der Waals surface area contributed by atoms with Crippen molar-refractivity contribution in [2.45, 2.75) is 0 Å². The molecule has 3 nitrogen and oxygen atoms in total. The molecule has 0 atom stereocenters. The van der Waals surface area contributed by atoms with Gasteiger partial charge in [0.05, 0.1) is 34.0 Å². The molecule has 0 N–H and O–H groups in total. The minimum Gasteiger partial charge on any atom is -0.309 e. The predicted octanol–water partition coefficient (Wildman–Crippen LogP) is 14.9. The Morgan fingerprint density at radius 3 is 1.63 bits per heavy atom. The Hall–Kier alpha value is -7.88. The number of hydrogen-bond acceptors (Lipinski definition) is 2. The van der Waals surface area contributed by atoms with Crippen LogP contribution in [0.4, 0.5) is 0 Å². The summed E-state index contributed by atoms with van der Waals surface area (Å²) in [5, 5.41) is 9.65. The van der Waals surface area contributed by atoms with Gasteiger partial charge in [0.15, 0.2) is 0 Å². The molecule has 0 bridgehead atoms. The third-order valence-corrected chi connectivity index (χ3v) is 12.0. The van der Waals surface area contributed by atoms with Crippen LogP contribution in [-0.2, 0) is 0 Å². The summed E-state index contributed by atoms with van der Waals surface area (Å²) in [7, 11) is 0. The first kappa shape index (κ1) is 33.3. The third kappa shape index (κ3) is 5.44. The van der Waals surface area contributed by atoms with Crippen LogP contribution in [0.25, 0.3) is 115 Å². The lowest BCUT2D eigenvalue weighted by Crippen LogP contribution is -1.94. The maximum absolute atomic E-state index is 5.27. The summed E-state index contributed by atoms with van der Waals surface area (Å²) in [5.41, 5.74) is 14.4. The number of rotatable bonds is 5. The number of fused-ring (bicyclic) bond motifs is 10. The van der Waals surface area contributed by atoms with E-state index in [1.165, 1.54) is 60.0 Å². The molecule has 0 spiro atoms. The van der Waals surface area contributed by atoms with Gasteiger partial charge in [-0.15, -0.1) is 0 Å². The first-order valence-corrected chi connectivity index (χ1v) is 20.1. The van der Waals surface area contributed by atoms with Gasteiger partial charge >= 0.3 is 0 Å². The Morgan fingerprint density at radius 2 is 0.864 bits per heavy atom. The molecule has 0 unspecified atom stereocenters. The lowest BCUT2D eigenvalue weighted by molar-refractivity contribution is 1.18. The maximum atomic E-state index is 5.27. The standard InChI is InChI=1S/C56H35N3/c1-2-21-44-36(13-1)14-12-27-45(44)41-29-30-54-51(34-41)48-24-7-8-28-53(48)59(54)43-20-11-18-40(33-43)38-16-9-15-37(31-38)39-17-10-19-42(32-39)52-35-57-55-49-25-5-3-22-46(49)47-23-4-6-26-50(47)56(55)58-52/h1-35H. The minimum atomic E-state index is 0.860. The van der Waals surface area contributed by atoms with E-state index in [1.807, 2.05) is 6.20 Å². The molecule has 274 valence electrons. The van der Waals surface area contributed by atoms with Crippen molar-refractivity contribution in [3.63, 3.8) is 0 Å². The van der Waals surface area contributed by atoms with E-state index in [9.17, 15) is 0 Å². The number of aromatic nitrogens is 3. The van der Waals surface area contributed by atoms with Crippen molar-refractivity contribution in [1.82, 2.24) is 14.5 Å². The highest BCUT2D eigenvalue weighted by Crippen LogP contribution is 2.39. The van der Waals surface area contributed by atoms with Crippen molar-refractivity contribution in [2.75, 3.05) is 0 Å². The molecular weight excluding hydrogens is 715 g/mol. The quantitative estimate of drug-likeness (QED) is 0.164. The largest absolute Gasteiger partial charge is 0.309 e. The van der Waals surface area contributed by atoms with Gasteiger partial charge in [-0.3, -0.25) is 4.98 Å². The van der Waals surface area contributed by atoms with Crippen molar-refractivity contribution in [2.24, 2.45) is 0 Å². The predicted molar refractivity (Wildman–Crippen MR) is 248 cm³/mol. The topological polar surface area (TPSA) is 30.7 Å². The van der Waals surface area contributed by atoms with Crippen molar-refractivity contribution < 1.29 is 0 Å². The van der Waals surface area contributed by atoms with E-state index in [0.717, 1.165) is 55.4 Å². The first-order valence-electron chi connectivity index (χ1n) is 20.1. The van der Waals surface area contributed by atoms with E-state index in [1.54, 1.807) is 0 Å². The van der Waals surface area contributed by atoms with Gasteiger partial charge in [0.25, 0.3) is 0 Å². The van der Waals surface area contributed by atoms with Crippen molar-refractivity contribution in [3.05, 3.63) is 212 Å². The van der Waals surface area contributed by atoms with E-state index in [0.29, 0.717) is 0 Å². The van der Waals surface area contributed by atoms with Gasteiger partial charge in [-0.2, -0.15) is 0 Å². The lowest BCUT2D eigenvalue weighted by Gasteiger charge is -2.12. The van der Waals surface area contributed by atoms with Crippen LogP contribution in [0, 0.1) is 0 Å². The molecule has 59 heavy (non-hydrogen) atoms.